The number of rotatable bonds is 5. The van der Waals surface area contributed by atoms with Gasteiger partial charge in [-0.2, -0.15) is 0 Å². The van der Waals surface area contributed by atoms with Crippen LogP contribution in [0.25, 0.3) is 11.3 Å². The molecule has 0 atom stereocenters. The molecule has 4 rings (SSSR count). The van der Waals surface area contributed by atoms with E-state index >= 15 is 0 Å². The fourth-order valence-electron chi connectivity index (χ4n) is 3.41. The van der Waals surface area contributed by atoms with Crippen molar-refractivity contribution >= 4 is 10.0 Å². The van der Waals surface area contributed by atoms with Crippen LogP contribution < -0.4 is 10.6 Å². The van der Waals surface area contributed by atoms with E-state index in [1.807, 2.05) is 6.07 Å². The maximum atomic E-state index is 14.4. The maximum Gasteiger partial charge on any atom is 0.268 e. The summed E-state index contributed by atoms with van der Waals surface area (Å²) in [4.78, 5) is 0.203. The second-order valence-electron chi connectivity index (χ2n) is 6.58. The maximum absolute atomic E-state index is 14.4. The van der Waals surface area contributed by atoms with Crippen molar-refractivity contribution in [3.05, 3.63) is 77.2 Å². The second-order valence-corrected chi connectivity index (χ2v) is 8.39. The van der Waals surface area contributed by atoms with Crippen molar-refractivity contribution in [3.63, 3.8) is 0 Å². The van der Waals surface area contributed by atoms with E-state index in [0.717, 1.165) is 23.2 Å². The Kier molecular flexibility index (Phi) is 4.59. The van der Waals surface area contributed by atoms with E-state index in [9.17, 15) is 12.8 Å². The molecule has 0 amide bonds. The van der Waals surface area contributed by atoms with Crippen LogP contribution in [0, 0.1) is 5.82 Å². The number of aromatic nitrogens is 1. The number of halogens is 1. The molecule has 0 radical (unpaired) electrons. The first-order valence-electron chi connectivity index (χ1n) is 8.69. The molecule has 7 heteroatoms. The lowest BCUT2D eigenvalue weighted by Gasteiger charge is -2.12. The number of nitrogens with one attached hydrogen (secondary N) is 2. The van der Waals surface area contributed by atoms with Crippen LogP contribution in [0.2, 0.25) is 0 Å². The molecule has 5 nitrogen and oxygen atoms in total. The molecule has 3 aromatic rings. The summed E-state index contributed by atoms with van der Waals surface area (Å²) in [5, 5.41) is 6.22. The van der Waals surface area contributed by atoms with Crippen molar-refractivity contribution in [3.8, 4) is 11.3 Å². The van der Waals surface area contributed by atoms with Crippen LogP contribution >= 0.6 is 0 Å². The van der Waals surface area contributed by atoms with E-state index in [0.29, 0.717) is 18.8 Å². The molecule has 2 heterocycles. The molecule has 0 aliphatic carbocycles. The number of fused-ring (bicyclic) bond motifs is 1. The van der Waals surface area contributed by atoms with Crippen molar-refractivity contribution in [1.82, 2.24) is 14.6 Å². The highest BCUT2D eigenvalue weighted by molar-refractivity contribution is 7.90. The minimum Gasteiger partial charge on any atom is -0.316 e. The van der Waals surface area contributed by atoms with Gasteiger partial charge in [-0.15, -0.1) is 0 Å². The Morgan fingerprint density at radius 1 is 1.11 bits per heavy atom. The van der Waals surface area contributed by atoms with E-state index in [4.69, 9.17) is 0 Å². The van der Waals surface area contributed by atoms with Gasteiger partial charge in [-0.1, -0.05) is 18.2 Å². The monoisotopic (exact) mass is 385 g/mol. The highest BCUT2D eigenvalue weighted by Gasteiger charge is 2.24. The molecule has 2 aromatic carbocycles. The van der Waals surface area contributed by atoms with Crippen LogP contribution in [0.3, 0.4) is 0 Å². The molecular formula is C20H20FN3O2S. The summed E-state index contributed by atoms with van der Waals surface area (Å²) in [6.45, 7) is 1.87. The largest absolute Gasteiger partial charge is 0.316 e. The predicted molar refractivity (Wildman–Crippen MR) is 102 cm³/mol. The Balaban J connectivity index is 1.88. The van der Waals surface area contributed by atoms with Crippen LogP contribution in [-0.4, -0.2) is 19.4 Å². The fraction of sp³-hybridized carbons (Fsp3) is 0.200. The van der Waals surface area contributed by atoms with Gasteiger partial charge in [0.1, 0.15) is 5.82 Å². The summed E-state index contributed by atoms with van der Waals surface area (Å²) in [6, 6.07) is 13.1. The molecule has 140 valence electrons. The lowest BCUT2D eigenvalue weighted by Crippen LogP contribution is -2.14. The van der Waals surface area contributed by atoms with Gasteiger partial charge in [-0.25, -0.2) is 16.8 Å². The molecule has 0 saturated carbocycles. The van der Waals surface area contributed by atoms with E-state index in [-0.39, 0.29) is 10.5 Å². The number of nitrogens with zero attached hydrogens (tertiary/aromatic N) is 1. The van der Waals surface area contributed by atoms with Crippen molar-refractivity contribution < 1.29 is 12.8 Å². The molecule has 27 heavy (non-hydrogen) atoms. The number of hydrogen-bond donors (Lipinski definition) is 2. The summed E-state index contributed by atoms with van der Waals surface area (Å²) >= 11 is 0. The van der Waals surface area contributed by atoms with Crippen molar-refractivity contribution in [2.45, 2.75) is 24.5 Å². The summed E-state index contributed by atoms with van der Waals surface area (Å²) in [6.07, 6.45) is 1.55. The van der Waals surface area contributed by atoms with Gasteiger partial charge in [-0.05, 0) is 54.1 Å². The Morgan fingerprint density at radius 2 is 1.89 bits per heavy atom. The van der Waals surface area contributed by atoms with Gasteiger partial charge in [0.05, 0.1) is 10.6 Å². The van der Waals surface area contributed by atoms with Crippen molar-refractivity contribution in [2.24, 2.45) is 0 Å². The van der Waals surface area contributed by atoms with Gasteiger partial charge in [-0.3, -0.25) is 0 Å². The molecule has 2 N–H and O–H groups in total. The summed E-state index contributed by atoms with van der Waals surface area (Å²) < 4.78 is 42.3. The SMILES string of the molecule is CNCc1cc(-c2ccccc2F)n(S(=O)(=O)c2ccc3c(c2)CNC3)c1. The van der Waals surface area contributed by atoms with Gasteiger partial charge >= 0.3 is 0 Å². The zero-order chi connectivity index (χ0) is 19.0. The standard InChI is InChI=1S/C20H20FN3O2S/c1-22-10-14-8-20(18-4-2-3-5-19(18)21)24(13-14)27(25,26)17-7-6-15-11-23-12-16(15)9-17/h2-9,13,22-23H,10-12H2,1H3. The third kappa shape index (κ3) is 3.18. The van der Waals surface area contributed by atoms with E-state index < -0.39 is 15.8 Å². The summed E-state index contributed by atoms with van der Waals surface area (Å²) in [5.41, 5.74) is 3.42. The first-order chi connectivity index (χ1) is 13.0. The van der Waals surface area contributed by atoms with Gasteiger partial charge in [0, 0.05) is 31.4 Å². The topological polar surface area (TPSA) is 63.1 Å². The van der Waals surface area contributed by atoms with E-state index in [1.165, 1.54) is 10.0 Å². The Labute approximate surface area is 157 Å². The third-order valence-electron chi connectivity index (χ3n) is 4.74. The zero-order valence-corrected chi connectivity index (χ0v) is 15.7. The van der Waals surface area contributed by atoms with E-state index in [1.54, 1.807) is 49.6 Å². The molecule has 1 aliphatic rings. The van der Waals surface area contributed by atoms with Gasteiger partial charge in [0.2, 0.25) is 0 Å². The average molecular weight is 385 g/mol. The van der Waals surface area contributed by atoms with Gasteiger partial charge in [0.15, 0.2) is 0 Å². The molecule has 0 bridgehead atoms. The second kappa shape index (κ2) is 6.92. The molecule has 0 spiro atoms. The molecule has 0 fully saturated rings. The quantitative estimate of drug-likeness (QED) is 0.709. The Bertz CT molecular complexity index is 1110. The smallest absolute Gasteiger partial charge is 0.268 e. The minimum atomic E-state index is -3.86. The molecule has 1 aliphatic heterocycles. The highest BCUT2D eigenvalue weighted by Crippen LogP contribution is 2.30. The first kappa shape index (κ1) is 17.9. The number of hydrogen-bond acceptors (Lipinski definition) is 4. The van der Waals surface area contributed by atoms with Crippen LogP contribution in [0.5, 0.6) is 0 Å². The van der Waals surface area contributed by atoms with Crippen LogP contribution in [0.1, 0.15) is 16.7 Å². The van der Waals surface area contributed by atoms with Crippen LogP contribution in [0.4, 0.5) is 4.39 Å². The fourth-order valence-corrected chi connectivity index (χ4v) is 4.85. The molecule has 1 aromatic heterocycles. The Morgan fingerprint density at radius 3 is 2.67 bits per heavy atom. The lowest BCUT2D eigenvalue weighted by molar-refractivity contribution is 0.587. The Hall–Kier alpha value is -2.48. The highest BCUT2D eigenvalue weighted by atomic mass is 32.2. The van der Waals surface area contributed by atoms with Gasteiger partial charge < -0.3 is 10.6 Å². The molecule has 0 saturated heterocycles. The lowest BCUT2D eigenvalue weighted by atomic mass is 10.1. The van der Waals surface area contributed by atoms with Crippen molar-refractivity contribution in [1.29, 1.82) is 0 Å². The number of benzene rings is 2. The molecule has 0 unspecified atom stereocenters. The third-order valence-corrected chi connectivity index (χ3v) is 6.41. The first-order valence-corrected chi connectivity index (χ1v) is 10.1. The summed E-state index contributed by atoms with van der Waals surface area (Å²) in [7, 11) is -2.08. The molecular weight excluding hydrogens is 365 g/mol. The van der Waals surface area contributed by atoms with E-state index in [2.05, 4.69) is 10.6 Å². The zero-order valence-electron chi connectivity index (χ0n) is 14.9. The van der Waals surface area contributed by atoms with Crippen LogP contribution in [-0.2, 0) is 29.7 Å². The average Bonchev–Trinajstić information content (AvgIpc) is 3.29. The predicted octanol–water partition coefficient (Wildman–Crippen LogP) is 2.85. The normalized spacial score (nSPS) is 13.7. The van der Waals surface area contributed by atoms with Crippen LogP contribution in [0.15, 0.2) is 59.6 Å². The summed E-state index contributed by atoms with van der Waals surface area (Å²) in [5.74, 6) is -0.457. The minimum absolute atomic E-state index is 0.203. The van der Waals surface area contributed by atoms with Crippen molar-refractivity contribution in [2.75, 3.05) is 7.05 Å². The van der Waals surface area contributed by atoms with Gasteiger partial charge in [0.25, 0.3) is 10.0 Å².